The molecule has 0 bridgehead atoms. The number of rotatable bonds is 3. The van der Waals surface area contributed by atoms with E-state index in [9.17, 15) is 4.79 Å². The summed E-state index contributed by atoms with van der Waals surface area (Å²) < 4.78 is 5.42. The first kappa shape index (κ1) is 10.4. The van der Waals surface area contributed by atoms with Crippen LogP contribution in [0.2, 0.25) is 0 Å². The summed E-state index contributed by atoms with van der Waals surface area (Å²) in [5.41, 5.74) is 1.05. The number of ketones is 1. The third kappa shape index (κ3) is 4.20. The minimum absolute atomic E-state index is 0.0665. The molecule has 0 aromatic heterocycles. The molecule has 1 aliphatic rings. The second-order valence-electron chi connectivity index (χ2n) is 3.59. The zero-order valence-corrected chi connectivity index (χ0v) is 8.30. The van der Waals surface area contributed by atoms with Crippen molar-refractivity contribution < 1.29 is 9.53 Å². The van der Waals surface area contributed by atoms with E-state index < -0.39 is 0 Å². The fourth-order valence-electron chi connectivity index (χ4n) is 1.36. The summed E-state index contributed by atoms with van der Waals surface area (Å²) in [4.78, 5) is 11.3. The van der Waals surface area contributed by atoms with Crippen molar-refractivity contribution in [1.29, 1.82) is 0 Å². The highest BCUT2D eigenvalue weighted by Gasteiger charge is 2.15. The average molecular weight is 183 g/mol. The summed E-state index contributed by atoms with van der Waals surface area (Å²) >= 11 is 0. The molecule has 1 saturated heterocycles. The van der Waals surface area contributed by atoms with Gasteiger partial charge < -0.3 is 10.1 Å². The van der Waals surface area contributed by atoms with Crippen LogP contribution < -0.4 is 5.32 Å². The number of carbonyl (C=O) groups excluding carboxylic acids is 1. The molecule has 0 radical (unpaired) electrons. The summed E-state index contributed by atoms with van der Waals surface area (Å²) in [5.74, 6) is 0.161. The monoisotopic (exact) mass is 183 g/mol. The molecule has 1 heterocycles. The van der Waals surface area contributed by atoms with Crippen molar-refractivity contribution in [2.75, 3.05) is 19.7 Å². The van der Waals surface area contributed by atoms with E-state index in [1.54, 1.807) is 6.08 Å². The van der Waals surface area contributed by atoms with Crippen molar-refractivity contribution in [3.8, 4) is 0 Å². The molecule has 1 atom stereocenters. The van der Waals surface area contributed by atoms with Gasteiger partial charge in [-0.3, -0.25) is 4.79 Å². The van der Waals surface area contributed by atoms with Gasteiger partial charge >= 0.3 is 0 Å². The summed E-state index contributed by atoms with van der Waals surface area (Å²) in [5, 5.41) is 3.20. The molecule has 3 heteroatoms. The molecule has 0 amide bonds. The van der Waals surface area contributed by atoms with Gasteiger partial charge in [-0.2, -0.15) is 0 Å². The van der Waals surface area contributed by atoms with Gasteiger partial charge in [0.25, 0.3) is 0 Å². The van der Waals surface area contributed by atoms with Crippen LogP contribution in [-0.4, -0.2) is 31.6 Å². The average Bonchev–Trinajstić information content (AvgIpc) is 2.04. The van der Waals surface area contributed by atoms with Crippen molar-refractivity contribution in [2.24, 2.45) is 0 Å². The Morgan fingerprint density at radius 2 is 2.38 bits per heavy atom. The van der Waals surface area contributed by atoms with E-state index in [0.29, 0.717) is 13.0 Å². The largest absolute Gasteiger partial charge is 0.375 e. The first-order valence-electron chi connectivity index (χ1n) is 4.68. The van der Waals surface area contributed by atoms with Crippen molar-refractivity contribution in [2.45, 2.75) is 26.4 Å². The van der Waals surface area contributed by atoms with Crippen LogP contribution in [0.25, 0.3) is 0 Å². The number of morpholine rings is 1. The molecule has 74 valence electrons. The first-order chi connectivity index (χ1) is 6.18. The van der Waals surface area contributed by atoms with Crippen LogP contribution in [-0.2, 0) is 9.53 Å². The van der Waals surface area contributed by atoms with Crippen LogP contribution in [0.4, 0.5) is 0 Å². The molecule has 0 spiro atoms. The standard InChI is InChI=1S/C10H17NO2/c1-8(2)5-9(12)6-10-7-11-3-4-13-10/h5,10-11H,3-4,6-7H2,1-2H3. The van der Waals surface area contributed by atoms with Gasteiger partial charge in [-0.05, 0) is 19.9 Å². The summed E-state index contributed by atoms with van der Waals surface area (Å²) in [6.07, 6.45) is 2.24. The number of carbonyl (C=O) groups is 1. The third-order valence-electron chi connectivity index (χ3n) is 1.88. The van der Waals surface area contributed by atoms with Crippen molar-refractivity contribution in [3.63, 3.8) is 0 Å². The van der Waals surface area contributed by atoms with Crippen LogP contribution in [0, 0.1) is 0 Å². The maximum absolute atomic E-state index is 11.3. The van der Waals surface area contributed by atoms with Crippen LogP contribution >= 0.6 is 0 Å². The zero-order chi connectivity index (χ0) is 9.68. The molecular formula is C10H17NO2. The highest BCUT2D eigenvalue weighted by atomic mass is 16.5. The minimum atomic E-state index is 0.0665. The summed E-state index contributed by atoms with van der Waals surface area (Å²) in [6.45, 7) is 6.26. The Bertz CT molecular complexity index is 201. The molecule has 0 aromatic carbocycles. The van der Waals surface area contributed by atoms with Gasteiger partial charge in [-0.25, -0.2) is 0 Å². The molecule has 3 nitrogen and oxygen atoms in total. The van der Waals surface area contributed by atoms with Gasteiger partial charge in [0.2, 0.25) is 0 Å². The molecule has 0 aromatic rings. The maximum Gasteiger partial charge on any atom is 0.158 e. The normalized spacial score (nSPS) is 22.5. The number of nitrogens with one attached hydrogen (secondary N) is 1. The lowest BCUT2D eigenvalue weighted by atomic mass is 10.1. The van der Waals surface area contributed by atoms with E-state index in [1.165, 1.54) is 0 Å². The second kappa shape index (κ2) is 5.14. The predicted molar refractivity (Wildman–Crippen MR) is 51.7 cm³/mol. The highest BCUT2D eigenvalue weighted by Crippen LogP contribution is 2.03. The van der Waals surface area contributed by atoms with Gasteiger partial charge in [-0.1, -0.05) is 5.57 Å². The molecular weight excluding hydrogens is 166 g/mol. The third-order valence-corrected chi connectivity index (χ3v) is 1.88. The van der Waals surface area contributed by atoms with Gasteiger partial charge in [0.15, 0.2) is 5.78 Å². The Morgan fingerprint density at radius 1 is 1.62 bits per heavy atom. The van der Waals surface area contributed by atoms with E-state index in [2.05, 4.69) is 5.32 Å². The van der Waals surface area contributed by atoms with Crippen molar-refractivity contribution in [1.82, 2.24) is 5.32 Å². The van der Waals surface area contributed by atoms with E-state index in [1.807, 2.05) is 13.8 Å². The number of ether oxygens (including phenoxy) is 1. The van der Waals surface area contributed by atoms with Gasteiger partial charge in [0, 0.05) is 19.5 Å². The smallest absolute Gasteiger partial charge is 0.158 e. The Labute approximate surface area is 79.2 Å². The van der Waals surface area contributed by atoms with E-state index in [4.69, 9.17) is 4.74 Å². The lowest BCUT2D eigenvalue weighted by molar-refractivity contribution is -0.117. The van der Waals surface area contributed by atoms with Crippen molar-refractivity contribution >= 4 is 5.78 Å². The van der Waals surface area contributed by atoms with E-state index in [0.717, 1.165) is 18.7 Å². The lowest BCUT2D eigenvalue weighted by Gasteiger charge is -2.22. The predicted octanol–water partition coefficient (Wildman–Crippen LogP) is 0.900. The van der Waals surface area contributed by atoms with Gasteiger partial charge in [-0.15, -0.1) is 0 Å². The highest BCUT2D eigenvalue weighted by molar-refractivity contribution is 5.90. The molecule has 0 aliphatic carbocycles. The van der Waals surface area contributed by atoms with Crippen molar-refractivity contribution in [3.05, 3.63) is 11.6 Å². The number of hydrogen-bond acceptors (Lipinski definition) is 3. The molecule has 0 saturated carbocycles. The van der Waals surface area contributed by atoms with Gasteiger partial charge in [0.05, 0.1) is 12.7 Å². The zero-order valence-electron chi connectivity index (χ0n) is 8.30. The molecule has 13 heavy (non-hydrogen) atoms. The summed E-state index contributed by atoms with van der Waals surface area (Å²) in [7, 11) is 0. The Balaban J connectivity index is 2.30. The minimum Gasteiger partial charge on any atom is -0.375 e. The Morgan fingerprint density at radius 3 is 2.92 bits per heavy atom. The quantitative estimate of drug-likeness (QED) is 0.661. The maximum atomic E-state index is 11.3. The fraction of sp³-hybridized carbons (Fsp3) is 0.700. The molecule has 1 aliphatic heterocycles. The lowest BCUT2D eigenvalue weighted by Crippen LogP contribution is -2.39. The topological polar surface area (TPSA) is 38.3 Å². The Hall–Kier alpha value is -0.670. The fourth-order valence-corrected chi connectivity index (χ4v) is 1.36. The second-order valence-corrected chi connectivity index (χ2v) is 3.59. The summed E-state index contributed by atoms with van der Waals surface area (Å²) in [6, 6.07) is 0. The van der Waals surface area contributed by atoms with E-state index >= 15 is 0 Å². The molecule has 1 rings (SSSR count). The number of allylic oxidation sites excluding steroid dienone is 2. The number of hydrogen-bond donors (Lipinski definition) is 1. The van der Waals surface area contributed by atoms with Crippen LogP contribution in [0.3, 0.4) is 0 Å². The Kier molecular flexibility index (Phi) is 4.12. The first-order valence-corrected chi connectivity index (χ1v) is 4.68. The van der Waals surface area contributed by atoms with Crippen LogP contribution in [0.5, 0.6) is 0 Å². The van der Waals surface area contributed by atoms with E-state index in [-0.39, 0.29) is 11.9 Å². The molecule has 1 N–H and O–H groups in total. The van der Waals surface area contributed by atoms with Crippen LogP contribution in [0.15, 0.2) is 11.6 Å². The molecule has 1 fully saturated rings. The SMILES string of the molecule is CC(C)=CC(=O)CC1CNCCO1. The molecule has 1 unspecified atom stereocenters. The van der Waals surface area contributed by atoms with Crippen LogP contribution in [0.1, 0.15) is 20.3 Å². The van der Waals surface area contributed by atoms with Gasteiger partial charge in [0.1, 0.15) is 0 Å².